The van der Waals surface area contributed by atoms with E-state index < -0.39 is 0 Å². The average Bonchev–Trinajstić information content (AvgIpc) is 3.23. The summed E-state index contributed by atoms with van der Waals surface area (Å²) in [7, 11) is 0. The molecular formula is C21H17FN4O2S. The molecule has 4 rings (SSSR count). The van der Waals surface area contributed by atoms with Crippen molar-refractivity contribution in [2.75, 3.05) is 12.3 Å². The van der Waals surface area contributed by atoms with Crippen molar-refractivity contribution >= 4 is 23.6 Å². The van der Waals surface area contributed by atoms with Crippen molar-refractivity contribution in [1.82, 2.24) is 19.7 Å². The van der Waals surface area contributed by atoms with E-state index in [1.165, 1.54) is 28.8 Å². The van der Waals surface area contributed by atoms with E-state index in [9.17, 15) is 14.0 Å². The van der Waals surface area contributed by atoms with Crippen LogP contribution in [-0.2, 0) is 6.54 Å². The average molecular weight is 408 g/mol. The van der Waals surface area contributed by atoms with Crippen molar-refractivity contribution in [3.05, 3.63) is 78.1 Å². The molecule has 2 aromatic carbocycles. The molecule has 146 valence electrons. The van der Waals surface area contributed by atoms with E-state index >= 15 is 0 Å². The molecule has 1 aromatic heterocycles. The zero-order chi connectivity index (χ0) is 20.4. The van der Waals surface area contributed by atoms with E-state index in [0.717, 1.165) is 5.56 Å². The number of thioether (sulfide) groups is 1. The van der Waals surface area contributed by atoms with E-state index in [1.54, 1.807) is 42.5 Å². The lowest BCUT2D eigenvalue weighted by atomic mass is 10.1. The second-order valence-corrected chi connectivity index (χ2v) is 7.43. The fourth-order valence-corrected chi connectivity index (χ4v) is 4.04. The van der Waals surface area contributed by atoms with Crippen molar-refractivity contribution in [3.8, 4) is 11.4 Å². The first-order valence-electron chi connectivity index (χ1n) is 8.98. The second kappa shape index (κ2) is 8.00. The number of halogens is 1. The number of fused-ring (bicyclic) bond motifs is 1. The summed E-state index contributed by atoms with van der Waals surface area (Å²) >= 11 is 1.40. The van der Waals surface area contributed by atoms with E-state index in [-0.39, 0.29) is 24.2 Å². The Labute approximate surface area is 171 Å². The molecule has 0 spiro atoms. The molecule has 0 saturated carbocycles. The Morgan fingerprint density at radius 3 is 2.28 bits per heavy atom. The highest BCUT2D eigenvalue weighted by molar-refractivity contribution is 7.99. The number of nitrogens with zero attached hydrogens (tertiary/aromatic N) is 4. The van der Waals surface area contributed by atoms with Crippen LogP contribution in [0.5, 0.6) is 0 Å². The number of hydrogen-bond donors (Lipinski definition) is 0. The van der Waals surface area contributed by atoms with Gasteiger partial charge in [0.1, 0.15) is 5.82 Å². The van der Waals surface area contributed by atoms with Crippen molar-refractivity contribution in [2.24, 2.45) is 0 Å². The highest BCUT2D eigenvalue weighted by Gasteiger charge is 2.34. The smallest absolute Gasteiger partial charge is 0.261 e. The summed E-state index contributed by atoms with van der Waals surface area (Å²) in [6.45, 7) is 4.52. The Morgan fingerprint density at radius 1 is 1.00 bits per heavy atom. The van der Waals surface area contributed by atoms with E-state index in [4.69, 9.17) is 0 Å². The van der Waals surface area contributed by atoms with Crippen LogP contribution in [0.15, 0.2) is 66.3 Å². The summed E-state index contributed by atoms with van der Waals surface area (Å²) in [5, 5.41) is 9.08. The zero-order valence-corrected chi connectivity index (χ0v) is 16.2. The molecule has 0 fully saturated rings. The van der Waals surface area contributed by atoms with Gasteiger partial charge < -0.3 is 0 Å². The van der Waals surface area contributed by atoms with Crippen molar-refractivity contribution < 1.29 is 14.0 Å². The maximum Gasteiger partial charge on any atom is 0.261 e. The van der Waals surface area contributed by atoms with Gasteiger partial charge in [-0.25, -0.2) is 4.39 Å². The van der Waals surface area contributed by atoms with Gasteiger partial charge in [-0.2, -0.15) is 0 Å². The Morgan fingerprint density at radius 2 is 1.66 bits per heavy atom. The molecule has 0 radical (unpaired) electrons. The predicted molar refractivity (Wildman–Crippen MR) is 108 cm³/mol. The van der Waals surface area contributed by atoms with Gasteiger partial charge in [-0.15, -0.1) is 16.8 Å². The molecular weight excluding hydrogens is 391 g/mol. The lowest BCUT2D eigenvalue weighted by molar-refractivity contribution is 0.0664. The van der Waals surface area contributed by atoms with Gasteiger partial charge in [-0.05, 0) is 36.4 Å². The molecule has 0 aliphatic carbocycles. The van der Waals surface area contributed by atoms with Crippen LogP contribution in [0.25, 0.3) is 11.4 Å². The van der Waals surface area contributed by atoms with Gasteiger partial charge in [0.2, 0.25) is 0 Å². The monoisotopic (exact) mass is 408 g/mol. The van der Waals surface area contributed by atoms with Gasteiger partial charge in [0.25, 0.3) is 11.8 Å². The number of allylic oxidation sites excluding steroid dienone is 1. The van der Waals surface area contributed by atoms with E-state index in [1.807, 2.05) is 4.57 Å². The highest BCUT2D eigenvalue weighted by atomic mass is 32.2. The van der Waals surface area contributed by atoms with Crippen LogP contribution in [0.2, 0.25) is 0 Å². The summed E-state index contributed by atoms with van der Waals surface area (Å²) in [5.41, 5.74) is 1.62. The number of imide groups is 1. The van der Waals surface area contributed by atoms with Crippen LogP contribution in [0.3, 0.4) is 0 Å². The minimum absolute atomic E-state index is 0.268. The molecule has 0 unspecified atom stereocenters. The standard InChI is InChI=1S/C21H17FN4O2S/c1-2-11-25-18(14-7-9-15(22)10-8-14)23-24-21(25)29-13-12-26-19(27)16-5-3-4-6-17(16)20(26)28/h2-10H,1,11-13H2. The van der Waals surface area contributed by atoms with Crippen LogP contribution >= 0.6 is 11.8 Å². The van der Waals surface area contributed by atoms with Gasteiger partial charge in [0, 0.05) is 24.4 Å². The van der Waals surface area contributed by atoms with Gasteiger partial charge in [0.15, 0.2) is 11.0 Å². The molecule has 0 saturated heterocycles. The first-order valence-corrected chi connectivity index (χ1v) is 9.96. The maximum atomic E-state index is 13.2. The number of rotatable bonds is 7. The Balaban J connectivity index is 1.48. The van der Waals surface area contributed by atoms with E-state index in [2.05, 4.69) is 16.8 Å². The van der Waals surface area contributed by atoms with Gasteiger partial charge in [0.05, 0.1) is 11.1 Å². The normalized spacial score (nSPS) is 13.1. The molecule has 1 aliphatic heterocycles. The SMILES string of the molecule is C=CCn1c(SCCN2C(=O)c3ccccc3C2=O)nnc1-c1ccc(F)cc1. The molecule has 0 atom stereocenters. The minimum atomic E-state index is -0.320. The third kappa shape index (κ3) is 3.58. The number of benzene rings is 2. The van der Waals surface area contributed by atoms with Crippen LogP contribution in [0.4, 0.5) is 4.39 Å². The predicted octanol–water partition coefficient (Wildman–Crippen LogP) is 3.66. The summed E-state index contributed by atoms with van der Waals surface area (Å²) < 4.78 is 15.1. The van der Waals surface area contributed by atoms with Crippen LogP contribution < -0.4 is 0 Å². The van der Waals surface area contributed by atoms with Crippen LogP contribution in [0.1, 0.15) is 20.7 Å². The first kappa shape index (κ1) is 19.1. The summed E-state index contributed by atoms with van der Waals surface area (Å²) in [6, 6.07) is 12.9. The number of amides is 2. The fourth-order valence-electron chi connectivity index (χ4n) is 3.17. The fraction of sp³-hybridized carbons (Fsp3) is 0.143. The highest BCUT2D eigenvalue weighted by Crippen LogP contribution is 2.26. The third-order valence-electron chi connectivity index (χ3n) is 4.56. The van der Waals surface area contributed by atoms with Crippen molar-refractivity contribution in [2.45, 2.75) is 11.7 Å². The molecule has 29 heavy (non-hydrogen) atoms. The Kier molecular flexibility index (Phi) is 5.26. The Hall–Kier alpha value is -3.26. The quantitative estimate of drug-likeness (QED) is 0.339. The first-order chi connectivity index (χ1) is 14.1. The summed E-state index contributed by atoms with van der Waals surface area (Å²) in [5.74, 6) is 0.216. The molecule has 0 bridgehead atoms. The van der Waals surface area contributed by atoms with Crippen LogP contribution in [0, 0.1) is 5.82 Å². The molecule has 2 heterocycles. The molecule has 1 aliphatic rings. The molecule has 3 aromatic rings. The molecule has 2 amide bonds. The van der Waals surface area contributed by atoms with Crippen molar-refractivity contribution in [3.63, 3.8) is 0 Å². The van der Waals surface area contributed by atoms with E-state index in [0.29, 0.717) is 34.4 Å². The molecule has 6 nitrogen and oxygen atoms in total. The van der Waals surface area contributed by atoms with Gasteiger partial charge in [-0.1, -0.05) is 30.0 Å². The second-order valence-electron chi connectivity index (χ2n) is 6.37. The van der Waals surface area contributed by atoms with Gasteiger partial charge >= 0.3 is 0 Å². The maximum absolute atomic E-state index is 13.2. The number of aromatic nitrogens is 3. The van der Waals surface area contributed by atoms with Crippen molar-refractivity contribution in [1.29, 1.82) is 0 Å². The number of carbonyl (C=O) groups excluding carboxylic acids is 2. The Bertz CT molecular complexity index is 1060. The lowest BCUT2D eigenvalue weighted by Gasteiger charge is -2.13. The topological polar surface area (TPSA) is 68.1 Å². The van der Waals surface area contributed by atoms with Gasteiger partial charge in [-0.3, -0.25) is 19.1 Å². The largest absolute Gasteiger partial charge is 0.298 e. The summed E-state index contributed by atoms with van der Waals surface area (Å²) in [4.78, 5) is 26.2. The minimum Gasteiger partial charge on any atom is -0.298 e. The molecule has 8 heteroatoms. The molecule has 0 N–H and O–H groups in total. The number of hydrogen-bond acceptors (Lipinski definition) is 5. The summed E-state index contributed by atoms with van der Waals surface area (Å²) in [6.07, 6.45) is 1.73. The lowest BCUT2D eigenvalue weighted by Crippen LogP contribution is -2.31. The van der Waals surface area contributed by atoms with Crippen LogP contribution in [-0.4, -0.2) is 43.8 Å². The third-order valence-corrected chi connectivity index (χ3v) is 5.50. The zero-order valence-electron chi connectivity index (χ0n) is 15.4. The number of carbonyl (C=O) groups is 2.